The molecular formula is C19H25NS. The minimum atomic E-state index is 0.579. The molecule has 1 atom stereocenters. The lowest BCUT2D eigenvalue weighted by molar-refractivity contribution is 0.520. The molecule has 1 N–H and O–H groups in total. The van der Waals surface area contributed by atoms with Gasteiger partial charge in [0.15, 0.2) is 0 Å². The maximum absolute atomic E-state index is 3.69. The van der Waals surface area contributed by atoms with Gasteiger partial charge in [0, 0.05) is 16.7 Å². The predicted octanol–water partition coefficient (Wildman–Crippen LogP) is 4.78. The van der Waals surface area contributed by atoms with Gasteiger partial charge in [-0.25, -0.2) is 0 Å². The van der Waals surface area contributed by atoms with Crippen LogP contribution in [0.4, 0.5) is 0 Å². The Kier molecular flexibility index (Phi) is 7.41. The summed E-state index contributed by atoms with van der Waals surface area (Å²) in [7, 11) is 0. The summed E-state index contributed by atoms with van der Waals surface area (Å²) in [5, 5.41) is 3.69. The van der Waals surface area contributed by atoms with Gasteiger partial charge in [0.05, 0.1) is 0 Å². The van der Waals surface area contributed by atoms with Gasteiger partial charge in [-0.2, -0.15) is 0 Å². The van der Waals surface area contributed by atoms with Crippen LogP contribution in [0.15, 0.2) is 65.6 Å². The van der Waals surface area contributed by atoms with Crippen LogP contribution in [0, 0.1) is 0 Å². The van der Waals surface area contributed by atoms with E-state index in [-0.39, 0.29) is 0 Å². The highest BCUT2D eigenvalue weighted by atomic mass is 32.2. The molecule has 2 rings (SSSR count). The molecule has 2 aromatic rings. The lowest BCUT2D eigenvalue weighted by atomic mass is 10.1. The molecule has 2 aromatic carbocycles. The van der Waals surface area contributed by atoms with Crippen LogP contribution >= 0.6 is 11.8 Å². The smallest absolute Gasteiger partial charge is 0.0164 e. The van der Waals surface area contributed by atoms with E-state index in [2.05, 4.69) is 72.9 Å². The maximum Gasteiger partial charge on any atom is 0.0164 e. The molecule has 0 spiro atoms. The average Bonchev–Trinajstić information content (AvgIpc) is 2.56. The fraction of sp³-hybridized carbons (Fsp3) is 0.368. The third-order valence-corrected chi connectivity index (χ3v) is 4.68. The number of aryl methyl sites for hydroxylation is 1. The van der Waals surface area contributed by atoms with Gasteiger partial charge in [0.25, 0.3) is 0 Å². The van der Waals surface area contributed by atoms with E-state index in [0.29, 0.717) is 6.04 Å². The Balaban J connectivity index is 1.82. The van der Waals surface area contributed by atoms with Crippen molar-refractivity contribution in [3.8, 4) is 0 Å². The zero-order valence-electron chi connectivity index (χ0n) is 12.8. The van der Waals surface area contributed by atoms with Crippen molar-refractivity contribution in [2.24, 2.45) is 0 Å². The molecule has 0 bridgehead atoms. The molecule has 21 heavy (non-hydrogen) atoms. The minimum absolute atomic E-state index is 0.579. The fourth-order valence-corrected chi connectivity index (χ4v) is 3.32. The Morgan fingerprint density at radius 2 is 1.62 bits per heavy atom. The standard InChI is InChI=1S/C19H25NS/c1-2-15-20-18(14-13-17-9-5-3-6-10-17)16-21-19-11-7-4-8-12-19/h3-12,18,20H,2,13-16H2,1H3. The third kappa shape index (κ3) is 6.36. The molecule has 0 aromatic heterocycles. The summed E-state index contributed by atoms with van der Waals surface area (Å²) in [5.41, 5.74) is 1.44. The zero-order chi connectivity index (χ0) is 14.8. The van der Waals surface area contributed by atoms with Crippen molar-refractivity contribution in [3.63, 3.8) is 0 Å². The van der Waals surface area contributed by atoms with E-state index in [1.165, 1.54) is 23.3 Å². The molecule has 0 radical (unpaired) electrons. The van der Waals surface area contributed by atoms with Gasteiger partial charge in [0.2, 0.25) is 0 Å². The van der Waals surface area contributed by atoms with Gasteiger partial charge in [-0.1, -0.05) is 55.5 Å². The Morgan fingerprint density at radius 3 is 2.29 bits per heavy atom. The van der Waals surface area contributed by atoms with E-state index < -0.39 is 0 Å². The van der Waals surface area contributed by atoms with Crippen LogP contribution in [-0.4, -0.2) is 18.3 Å². The Labute approximate surface area is 133 Å². The van der Waals surface area contributed by atoms with E-state index in [0.717, 1.165) is 18.7 Å². The van der Waals surface area contributed by atoms with Crippen molar-refractivity contribution in [1.82, 2.24) is 5.32 Å². The van der Waals surface area contributed by atoms with Gasteiger partial charge in [-0.15, -0.1) is 11.8 Å². The summed E-state index contributed by atoms with van der Waals surface area (Å²) in [6.07, 6.45) is 3.54. The van der Waals surface area contributed by atoms with Crippen molar-refractivity contribution in [1.29, 1.82) is 0 Å². The number of rotatable bonds is 9. The van der Waals surface area contributed by atoms with Crippen LogP contribution in [0.3, 0.4) is 0 Å². The second kappa shape index (κ2) is 9.64. The number of hydrogen-bond donors (Lipinski definition) is 1. The molecule has 1 unspecified atom stereocenters. The van der Waals surface area contributed by atoms with Crippen LogP contribution in [0.5, 0.6) is 0 Å². The summed E-state index contributed by atoms with van der Waals surface area (Å²) in [6, 6.07) is 22.1. The van der Waals surface area contributed by atoms with Gasteiger partial charge in [0.1, 0.15) is 0 Å². The fourth-order valence-electron chi connectivity index (χ4n) is 2.29. The molecule has 0 amide bonds. The van der Waals surface area contributed by atoms with Crippen LogP contribution in [0.25, 0.3) is 0 Å². The molecule has 112 valence electrons. The minimum Gasteiger partial charge on any atom is -0.313 e. The first kappa shape index (κ1) is 16.1. The number of hydrogen-bond acceptors (Lipinski definition) is 2. The molecule has 1 nitrogen and oxygen atoms in total. The molecule has 0 fully saturated rings. The second-order valence-electron chi connectivity index (χ2n) is 5.30. The molecular weight excluding hydrogens is 274 g/mol. The van der Waals surface area contributed by atoms with E-state index >= 15 is 0 Å². The highest BCUT2D eigenvalue weighted by Gasteiger charge is 2.08. The van der Waals surface area contributed by atoms with E-state index in [9.17, 15) is 0 Å². The van der Waals surface area contributed by atoms with Gasteiger partial charge >= 0.3 is 0 Å². The van der Waals surface area contributed by atoms with Crippen LogP contribution in [0.1, 0.15) is 25.3 Å². The Bertz CT molecular complexity index is 440. The van der Waals surface area contributed by atoms with Crippen molar-refractivity contribution in [3.05, 3.63) is 66.2 Å². The largest absolute Gasteiger partial charge is 0.313 e. The highest BCUT2D eigenvalue weighted by Crippen LogP contribution is 2.19. The molecule has 0 aliphatic rings. The highest BCUT2D eigenvalue weighted by molar-refractivity contribution is 7.99. The molecule has 0 aliphatic carbocycles. The van der Waals surface area contributed by atoms with E-state index in [4.69, 9.17) is 0 Å². The van der Waals surface area contributed by atoms with Crippen molar-refractivity contribution < 1.29 is 0 Å². The van der Waals surface area contributed by atoms with Crippen LogP contribution in [-0.2, 0) is 6.42 Å². The van der Waals surface area contributed by atoms with Gasteiger partial charge in [-0.3, -0.25) is 0 Å². The summed E-state index contributed by atoms with van der Waals surface area (Å²) >= 11 is 1.95. The summed E-state index contributed by atoms with van der Waals surface area (Å²) in [6.45, 7) is 3.33. The first-order valence-corrected chi connectivity index (χ1v) is 8.82. The SMILES string of the molecule is CCCNC(CCc1ccccc1)CSc1ccccc1. The maximum atomic E-state index is 3.69. The topological polar surface area (TPSA) is 12.0 Å². The molecule has 0 heterocycles. The van der Waals surface area contributed by atoms with Crippen LogP contribution < -0.4 is 5.32 Å². The monoisotopic (exact) mass is 299 g/mol. The van der Waals surface area contributed by atoms with E-state index in [1.807, 2.05) is 11.8 Å². The first-order chi connectivity index (χ1) is 10.4. The number of benzene rings is 2. The van der Waals surface area contributed by atoms with Gasteiger partial charge in [-0.05, 0) is 43.5 Å². The molecule has 0 aliphatic heterocycles. The lowest BCUT2D eigenvalue weighted by Gasteiger charge is -2.18. The quantitative estimate of drug-likeness (QED) is 0.669. The van der Waals surface area contributed by atoms with Gasteiger partial charge < -0.3 is 5.32 Å². The molecule has 0 saturated heterocycles. The summed E-state index contributed by atoms with van der Waals surface area (Å²) in [4.78, 5) is 1.36. The number of thioether (sulfide) groups is 1. The number of nitrogens with one attached hydrogen (secondary N) is 1. The third-order valence-electron chi connectivity index (χ3n) is 3.50. The average molecular weight is 299 g/mol. The van der Waals surface area contributed by atoms with Crippen LogP contribution in [0.2, 0.25) is 0 Å². The molecule has 0 saturated carbocycles. The normalized spacial score (nSPS) is 12.2. The first-order valence-electron chi connectivity index (χ1n) is 7.83. The predicted molar refractivity (Wildman–Crippen MR) is 94.0 cm³/mol. The van der Waals surface area contributed by atoms with E-state index in [1.54, 1.807) is 0 Å². The zero-order valence-corrected chi connectivity index (χ0v) is 13.6. The lowest BCUT2D eigenvalue weighted by Crippen LogP contribution is -2.32. The molecule has 2 heteroatoms. The summed E-state index contributed by atoms with van der Waals surface area (Å²) in [5.74, 6) is 1.14. The summed E-state index contributed by atoms with van der Waals surface area (Å²) < 4.78 is 0. The van der Waals surface area contributed by atoms with Crippen molar-refractivity contribution >= 4 is 11.8 Å². The van der Waals surface area contributed by atoms with Crippen molar-refractivity contribution in [2.75, 3.05) is 12.3 Å². The Hall–Kier alpha value is -1.25. The van der Waals surface area contributed by atoms with Crippen molar-refractivity contribution in [2.45, 2.75) is 37.1 Å². The second-order valence-corrected chi connectivity index (χ2v) is 6.39. The Morgan fingerprint density at radius 1 is 0.952 bits per heavy atom.